The molecular weight excluding hydrogens is 254 g/mol. The van der Waals surface area contributed by atoms with Gasteiger partial charge in [-0.2, -0.15) is 10.4 Å². The highest BCUT2D eigenvalue weighted by Crippen LogP contribution is 2.11. The molecule has 1 N–H and O–H groups in total. The van der Waals surface area contributed by atoms with Gasteiger partial charge in [-0.3, -0.25) is 9.48 Å². The van der Waals surface area contributed by atoms with Crippen molar-refractivity contribution < 1.29 is 4.79 Å². The molecule has 0 radical (unpaired) electrons. The topological polar surface area (TPSA) is 83.6 Å². The lowest BCUT2D eigenvalue weighted by molar-refractivity contribution is 0.0946. The second-order valence-electron chi connectivity index (χ2n) is 4.50. The fourth-order valence-corrected chi connectivity index (χ4v) is 1.93. The number of carbonyl (C=O) groups is 1. The maximum atomic E-state index is 12.0. The molecule has 102 valence electrons. The highest BCUT2D eigenvalue weighted by Gasteiger charge is 2.12. The van der Waals surface area contributed by atoms with E-state index < -0.39 is 0 Å². The lowest BCUT2D eigenvalue weighted by Gasteiger charge is -2.05. The van der Waals surface area contributed by atoms with Gasteiger partial charge >= 0.3 is 0 Å². The number of nitriles is 1. The highest BCUT2D eigenvalue weighted by atomic mass is 16.1. The van der Waals surface area contributed by atoms with Crippen LogP contribution in [0.25, 0.3) is 0 Å². The molecule has 0 aliphatic rings. The van der Waals surface area contributed by atoms with Gasteiger partial charge in [0.05, 0.1) is 11.3 Å². The number of carbonyl (C=O) groups excluding carboxylic acids is 1. The zero-order valence-electron chi connectivity index (χ0n) is 11.6. The first-order valence-corrected chi connectivity index (χ1v) is 6.16. The van der Waals surface area contributed by atoms with Crippen LogP contribution in [0.1, 0.15) is 33.0 Å². The number of pyridine rings is 1. The van der Waals surface area contributed by atoms with Crippen molar-refractivity contribution in [3.8, 4) is 6.07 Å². The van der Waals surface area contributed by atoms with E-state index in [1.54, 1.807) is 10.7 Å². The van der Waals surface area contributed by atoms with Gasteiger partial charge < -0.3 is 5.32 Å². The molecule has 0 aliphatic heterocycles. The van der Waals surface area contributed by atoms with Crippen molar-refractivity contribution >= 4 is 5.91 Å². The number of nitrogens with zero attached hydrogens (tertiary/aromatic N) is 4. The Morgan fingerprint density at radius 3 is 2.70 bits per heavy atom. The van der Waals surface area contributed by atoms with E-state index in [9.17, 15) is 4.79 Å². The Hall–Kier alpha value is -2.68. The van der Waals surface area contributed by atoms with Crippen LogP contribution in [0.2, 0.25) is 0 Å². The van der Waals surface area contributed by atoms with Gasteiger partial charge in [0.2, 0.25) is 0 Å². The first-order chi connectivity index (χ1) is 9.52. The molecule has 20 heavy (non-hydrogen) atoms. The molecule has 0 aromatic carbocycles. The second-order valence-corrected chi connectivity index (χ2v) is 4.50. The van der Waals surface area contributed by atoms with Crippen LogP contribution in [-0.2, 0) is 13.6 Å². The minimum Gasteiger partial charge on any atom is -0.346 e. The third-order valence-electron chi connectivity index (χ3n) is 3.21. The molecule has 6 heteroatoms. The highest BCUT2D eigenvalue weighted by molar-refractivity contribution is 5.92. The van der Waals surface area contributed by atoms with Gasteiger partial charge in [0, 0.05) is 31.0 Å². The van der Waals surface area contributed by atoms with Crippen molar-refractivity contribution in [1.29, 1.82) is 5.26 Å². The Bertz CT molecular complexity index is 679. The third kappa shape index (κ3) is 2.67. The number of aryl methyl sites for hydroxylation is 2. The van der Waals surface area contributed by atoms with Crippen LogP contribution in [0, 0.1) is 25.2 Å². The molecule has 6 nitrogen and oxygen atoms in total. The molecule has 0 bridgehead atoms. The molecule has 0 atom stereocenters. The van der Waals surface area contributed by atoms with Crippen LogP contribution in [0.15, 0.2) is 18.3 Å². The van der Waals surface area contributed by atoms with E-state index in [-0.39, 0.29) is 5.91 Å². The minimum atomic E-state index is -0.267. The zero-order chi connectivity index (χ0) is 14.7. The van der Waals surface area contributed by atoms with E-state index in [0.717, 1.165) is 17.0 Å². The quantitative estimate of drug-likeness (QED) is 0.908. The molecular formula is C14H15N5O. The zero-order valence-corrected chi connectivity index (χ0v) is 11.6. The fraction of sp³-hybridized carbons (Fsp3) is 0.286. The maximum Gasteiger partial charge on any atom is 0.270 e. The molecule has 2 aromatic rings. The summed E-state index contributed by atoms with van der Waals surface area (Å²) in [5.41, 5.74) is 3.66. The average molecular weight is 269 g/mol. The lowest BCUT2D eigenvalue weighted by atomic mass is 10.2. The first-order valence-electron chi connectivity index (χ1n) is 6.16. The predicted molar refractivity (Wildman–Crippen MR) is 72.8 cm³/mol. The molecule has 2 heterocycles. The molecule has 0 saturated heterocycles. The molecule has 2 rings (SSSR count). The van der Waals surface area contributed by atoms with Gasteiger partial charge in [-0.1, -0.05) is 0 Å². The fourth-order valence-electron chi connectivity index (χ4n) is 1.93. The van der Waals surface area contributed by atoms with Crippen molar-refractivity contribution in [2.24, 2.45) is 7.05 Å². The van der Waals surface area contributed by atoms with Gasteiger partial charge in [-0.15, -0.1) is 0 Å². The average Bonchev–Trinajstić information content (AvgIpc) is 2.70. The van der Waals surface area contributed by atoms with Crippen molar-refractivity contribution in [2.45, 2.75) is 20.4 Å². The summed E-state index contributed by atoms with van der Waals surface area (Å²) in [6, 6.07) is 5.07. The van der Waals surface area contributed by atoms with E-state index >= 15 is 0 Å². The van der Waals surface area contributed by atoms with E-state index in [0.29, 0.717) is 17.8 Å². The largest absolute Gasteiger partial charge is 0.346 e. The molecule has 1 amide bonds. The number of hydrogen-bond acceptors (Lipinski definition) is 4. The number of aromatic nitrogens is 3. The molecule has 0 unspecified atom stereocenters. The summed E-state index contributed by atoms with van der Waals surface area (Å²) in [6.45, 7) is 4.28. The standard InChI is InChI=1S/C14H15N5O/c1-9-12(10(2)19(3)18-9)8-17-14(20)13-5-4-11(6-15)7-16-13/h4-5,7H,8H2,1-3H3,(H,17,20). The van der Waals surface area contributed by atoms with Gasteiger partial charge in [-0.05, 0) is 26.0 Å². The summed E-state index contributed by atoms with van der Waals surface area (Å²) >= 11 is 0. The molecule has 0 saturated carbocycles. The Labute approximate surface area is 117 Å². The smallest absolute Gasteiger partial charge is 0.270 e. The van der Waals surface area contributed by atoms with Crippen LogP contribution in [0.4, 0.5) is 0 Å². The van der Waals surface area contributed by atoms with Gasteiger partial charge in [0.1, 0.15) is 11.8 Å². The van der Waals surface area contributed by atoms with Crippen molar-refractivity contribution in [1.82, 2.24) is 20.1 Å². The monoisotopic (exact) mass is 269 g/mol. The van der Waals surface area contributed by atoms with Crippen LogP contribution in [0.5, 0.6) is 0 Å². The van der Waals surface area contributed by atoms with E-state index in [1.807, 2.05) is 27.0 Å². The number of nitrogens with one attached hydrogen (secondary N) is 1. The van der Waals surface area contributed by atoms with Crippen LogP contribution < -0.4 is 5.32 Å². The number of rotatable bonds is 3. The van der Waals surface area contributed by atoms with Gasteiger partial charge in [0.15, 0.2) is 0 Å². The Morgan fingerprint density at radius 1 is 1.45 bits per heavy atom. The maximum absolute atomic E-state index is 12.0. The van der Waals surface area contributed by atoms with Crippen LogP contribution >= 0.6 is 0 Å². The van der Waals surface area contributed by atoms with Gasteiger partial charge in [0.25, 0.3) is 5.91 Å². The normalized spacial score (nSPS) is 10.1. The van der Waals surface area contributed by atoms with Crippen molar-refractivity contribution in [3.05, 3.63) is 46.5 Å². The lowest BCUT2D eigenvalue weighted by Crippen LogP contribution is -2.24. The summed E-state index contributed by atoms with van der Waals surface area (Å²) in [4.78, 5) is 15.9. The minimum absolute atomic E-state index is 0.267. The number of amides is 1. The number of hydrogen-bond donors (Lipinski definition) is 1. The molecule has 2 aromatic heterocycles. The Kier molecular flexibility index (Phi) is 3.80. The third-order valence-corrected chi connectivity index (χ3v) is 3.21. The molecule has 0 aliphatic carbocycles. The summed E-state index contributed by atoms with van der Waals surface area (Å²) in [6.07, 6.45) is 1.38. The summed E-state index contributed by atoms with van der Waals surface area (Å²) in [7, 11) is 1.87. The Balaban J connectivity index is 2.07. The van der Waals surface area contributed by atoms with E-state index in [2.05, 4.69) is 15.4 Å². The van der Waals surface area contributed by atoms with Crippen LogP contribution in [0.3, 0.4) is 0 Å². The predicted octanol–water partition coefficient (Wildman–Crippen LogP) is 1.23. The van der Waals surface area contributed by atoms with Crippen molar-refractivity contribution in [3.63, 3.8) is 0 Å². The SMILES string of the molecule is Cc1nn(C)c(C)c1CNC(=O)c1ccc(C#N)cn1. The van der Waals surface area contributed by atoms with E-state index in [1.165, 1.54) is 12.3 Å². The first kappa shape index (κ1) is 13.7. The van der Waals surface area contributed by atoms with Crippen LogP contribution in [-0.4, -0.2) is 20.7 Å². The summed E-state index contributed by atoms with van der Waals surface area (Å²) < 4.78 is 1.79. The summed E-state index contributed by atoms with van der Waals surface area (Å²) in [5, 5.41) is 15.8. The van der Waals surface area contributed by atoms with E-state index in [4.69, 9.17) is 5.26 Å². The Morgan fingerprint density at radius 2 is 2.20 bits per heavy atom. The second kappa shape index (κ2) is 5.53. The van der Waals surface area contributed by atoms with Crippen molar-refractivity contribution in [2.75, 3.05) is 0 Å². The summed E-state index contributed by atoms with van der Waals surface area (Å²) in [5.74, 6) is -0.267. The molecule has 0 fully saturated rings. The van der Waals surface area contributed by atoms with Gasteiger partial charge in [-0.25, -0.2) is 4.98 Å². The molecule has 0 spiro atoms.